The lowest BCUT2D eigenvalue weighted by molar-refractivity contribution is -0.141. The van der Waals surface area contributed by atoms with Crippen LogP contribution in [0.2, 0.25) is 0 Å². The van der Waals surface area contributed by atoms with E-state index < -0.39 is 11.9 Å². The predicted molar refractivity (Wildman–Crippen MR) is 71.2 cm³/mol. The third-order valence-corrected chi connectivity index (χ3v) is 3.11. The Morgan fingerprint density at radius 2 is 1.68 bits per heavy atom. The van der Waals surface area contributed by atoms with Gasteiger partial charge < -0.3 is 19.3 Å². The van der Waals surface area contributed by atoms with Gasteiger partial charge in [-0.15, -0.1) is 0 Å². The Morgan fingerprint density at radius 1 is 1.16 bits per heavy atom. The summed E-state index contributed by atoms with van der Waals surface area (Å²) in [5.74, 6) is 0.492. The first-order valence-electron chi connectivity index (χ1n) is 6.09. The van der Waals surface area contributed by atoms with Gasteiger partial charge in [-0.05, 0) is 12.8 Å². The van der Waals surface area contributed by atoms with Gasteiger partial charge in [-0.1, -0.05) is 6.92 Å². The topological polar surface area (TPSA) is 65.0 Å². The average Bonchev–Trinajstić information content (AvgIpc) is 2.43. The molecule has 0 fully saturated rings. The number of aliphatic carboxylic acids is 1. The second kappa shape index (κ2) is 6.87. The number of carboxylic acid groups (broad SMARTS) is 1. The van der Waals surface area contributed by atoms with Crippen LogP contribution in [0.4, 0.5) is 0 Å². The van der Waals surface area contributed by atoms with Crippen LogP contribution < -0.4 is 14.2 Å². The van der Waals surface area contributed by atoms with Gasteiger partial charge in [0, 0.05) is 17.7 Å². The van der Waals surface area contributed by atoms with Crippen molar-refractivity contribution in [3.8, 4) is 17.2 Å². The fourth-order valence-corrected chi connectivity index (χ4v) is 1.93. The molecule has 0 aliphatic heterocycles. The van der Waals surface area contributed by atoms with E-state index >= 15 is 0 Å². The summed E-state index contributed by atoms with van der Waals surface area (Å²) < 4.78 is 15.8. The highest BCUT2D eigenvalue weighted by molar-refractivity contribution is 5.71. The van der Waals surface area contributed by atoms with Crippen LogP contribution in [0.15, 0.2) is 12.1 Å². The second-order valence-corrected chi connectivity index (χ2v) is 4.16. The van der Waals surface area contributed by atoms with Crippen LogP contribution in [0.5, 0.6) is 17.2 Å². The van der Waals surface area contributed by atoms with Crippen LogP contribution in [0.3, 0.4) is 0 Å². The molecule has 1 aromatic carbocycles. The predicted octanol–water partition coefficient (Wildman–Crippen LogP) is 2.37. The molecule has 5 heteroatoms. The first-order valence-corrected chi connectivity index (χ1v) is 6.09. The quantitative estimate of drug-likeness (QED) is 0.822. The maximum Gasteiger partial charge on any atom is 0.306 e. The van der Waals surface area contributed by atoms with Crippen molar-refractivity contribution in [2.45, 2.75) is 19.8 Å². The van der Waals surface area contributed by atoms with Gasteiger partial charge in [0.2, 0.25) is 0 Å². The highest BCUT2D eigenvalue weighted by Crippen LogP contribution is 2.36. The van der Waals surface area contributed by atoms with Crippen molar-refractivity contribution in [1.29, 1.82) is 0 Å². The fourth-order valence-electron chi connectivity index (χ4n) is 1.93. The van der Waals surface area contributed by atoms with E-state index in [0.717, 1.165) is 5.56 Å². The van der Waals surface area contributed by atoms with Crippen molar-refractivity contribution in [2.75, 3.05) is 21.3 Å². The number of benzene rings is 1. The Hall–Kier alpha value is -1.91. The highest BCUT2D eigenvalue weighted by atomic mass is 16.5. The maximum atomic E-state index is 11.2. The lowest BCUT2D eigenvalue weighted by Crippen LogP contribution is -2.16. The molecule has 0 saturated heterocycles. The number of methoxy groups -OCH3 is 3. The average molecular weight is 268 g/mol. The number of carboxylic acids is 1. The van der Waals surface area contributed by atoms with Crippen molar-refractivity contribution in [2.24, 2.45) is 5.92 Å². The zero-order valence-corrected chi connectivity index (χ0v) is 11.7. The minimum Gasteiger partial charge on any atom is -0.496 e. The second-order valence-electron chi connectivity index (χ2n) is 4.16. The minimum absolute atomic E-state index is 0.363. The van der Waals surface area contributed by atoms with Gasteiger partial charge in [-0.2, -0.15) is 0 Å². The van der Waals surface area contributed by atoms with Gasteiger partial charge in [0.05, 0.1) is 27.2 Å². The summed E-state index contributed by atoms with van der Waals surface area (Å²) in [4.78, 5) is 11.2. The molecule has 1 N–H and O–H groups in total. The van der Waals surface area contributed by atoms with Crippen molar-refractivity contribution < 1.29 is 24.1 Å². The van der Waals surface area contributed by atoms with E-state index in [2.05, 4.69) is 0 Å². The van der Waals surface area contributed by atoms with Gasteiger partial charge in [0.15, 0.2) is 0 Å². The number of rotatable bonds is 7. The first kappa shape index (κ1) is 15.1. The normalized spacial score (nSPS) is 11.8. The van der Waals surface area contributed by atoms with Gasteiger partial charge in [0.1, 0.15) is 17.2 Å². The Labute approximate surface area is 113 Å². The van der Waals surface area contributed by atoms with Crippen molar-refractivity contribution in [1.82, 2.24) is 0 Å². The molecule has 5 nitrogen and oxygen atoms in total. The Morgan fingerprint density at radius 3 is 2.00 bits per heavy atom. The Kier molecular flexibility index (Phi) is 5.48. The van der Waals surface area contributed by atoms with E-state index in [1.807, 2.05) is 6.92 Å². The number of hydrogen-bond acceptors (Lipinski definition) is 4. The van der Waals surface area contributed by atoms with E-state index in [-0.39, 0.29) is 0 Å². The number of hydrogen-bond donors (Lipinski definition) is 1. The molecule has 0 bridgehead atoms. The lowest BCUT2D eigenvalue weighted by Gasteiger charge is -2.17. The molecule has 1 atom stereocenters. The van der Waals surface area contributed by atoms with Crippen LogP contribution >= 0.6 is 0 Å². The molecule has 1 rings (SSSR count). The van der Waals surface area contributed by atoms with Crippen LogP contribution in [-0.2, 0) is 11.2 Å². The SMILES string of the molecule is CCC(Cc1c(OC)cc(OC)cc1OC)C(=O)O. The molecule has 1 aromatic rings. The minimum atomic E-state index is -0.817. The van der Waals surface area contributed by atoms with E-state index in [4.69, 9.17) is 19.3 Å². The summed E-state index contributed by atoms with van der Waals surface area (Å²) in [5, 5.41) is 9.16. The van der Waals surface area contributed by atoms with Crippen LogP contribution in [0.1, 0.15) is 18.9 Å². The lowest BCUT2D eigenvalue weighted by atomic mass is 9.95. The highest BCUT2D eigenvalue weighted by Gasteiger charge is 2.21. The van der Waals surface area contributed by atoms with Gasteiger partial charge in [-0.3, -0.25) is 4.79 Å². The summed E-state index contributed by atoms with van der Waals surface area (Å²) in [6.45, 7) is 1.85. The summed E-state index contributed by atoms with van der Waals surface area (Å²) in [6, 6.07) is 3.46. The molecule has 106 valence electrons. The largest absolute Gasteiger partial charge is 0.496 e. The smallest absolute Gasteiger partial charge is 0.306 e. The monoisotopic (exact) mass is 268 g/mol. The summed E-state index contributed by atoms with van der Waals surface area (Å²) in [6.07, 6.45) is 0.913. The molecule has 0 aromatic heterocycles. The molecule has 0 heterocycles. The van der Waals surface area contributed by atoms with E-state index in [9.17, 15) is 4.79 Å². The molecular formula is C14H20O5. The molecule has 0 spiro atoms. The summed E-state index contributed by atoms with van der Waals surface area (Å²) >= 11 is 0. The molecule has 19 heavy (non-hydrogen) atoms. The molecule has 0 radical (unpaired) electrons. The molecule has 1 unspecified atom stereocenters. The van der Waals surface area contributed by atoms with E-state index in [0.29, 0.717) is 30.1 Å². The van der Waals surface area contributed by atoms with E-state index in [1.165, 1.54) is 0 Å². The molecule has 0 saturated carbocycles. The molecule has 0 aliphatic carbocycles. The van der Waals surface area contributed by atoms with Gasteiger partial charge in [-0.25, -0.2) is 0 Å². The maximum absolute atomic E-state index is 11.2. The van der Waals surface area contributed by atoms with Crippen LogP contribution in [0.25, 0.3) is 0 Å². The van der Waals surface area contributed by atoms with Crippen molar-refractivity contribution in [3.63, 3.8) is 0 Å². The Bertz CT molecular complexity index is 416. The summed E-state index contributed by atoms with van der Waals surface area (Å²) in [7, 11) is 4.64. The third-order valence-electron chi connectivity index (χ3n) is 3.11. The first-order chi connectivity index (χ1) is 9.07. The summed E-state index contributed by atoms with van der Waals surface area (Å²) in [5.41, 5.74) is 0.750. The van der Waals surface area contributed by atoms with Crippen molar-refractivity contribution >= 4 is 5.97 Å². The zero-order valence-electron chi connectivity index (χ0n) is 11.7. The van der Waals surface area contributed by atoms with Crippen LogP contribution in [-0.4, -0.2) is 32.4 Å². The number of ether oxygens (including phenoxy) is 3. The van der Waals surface area contributed by atoms with Crippen molar-refractivity contribution in [3.05, 3.63) is 17.7 Å². The molecule has 0 aliphatic rings. The van der Waals surface area contributed by atoms with Gasteiger partial charge in [0.25, 0.3) is 0 Å². The zero-order chi connectivity index (χ0) is 14.4. The third kappa shape index (κ3) is 3.53. The molecule has 0 amide bonds. The fraction of sp³-hybridized carbons (Fsp3) is 0.500. The van der Waals surface area contributed by atoms with Crippen LogP contribution in [0, 0.1) is 5.92 Å². The molecular weight excluding hydrogens is 248 g/mol. The van der Waals surface area contributed by atoms with Gasteiger partial charge >= 0.3 is 5.97 Å². The Balaban J connectivity index is 3.20. The number of carbonyl (C=O) groups is 1. The standard InChI is InChI=1S/C14H20O5/c1-5-9(14(15)16)6-11-12(18-3)7-10(17-2)8-13(11)19-4/h7-9H,5-6H2,1-4H3,(H,15,16). The van der Waals surface area contributed by atoms with E-state index in [1.54, 1.807) is 33.5 Å².